The largest absolute Gasteiger partial charge is 0.508 e. The average Bonchev–Trinajstić information content (AvgIpc) is 2.32. The van der Waals surface area contributed by atoms with E-state index >= 15 is 0 Å². The zero-order chi connectivity index (χ0) is 12.5. The zero-order valence-corrected chi connectivity index (χ0v) is 9.91. The second-order valence-electron chi connectivity index (χ2n) is 3.55. The van der Waals surface area contributed by atoms with Crippen LogP contribution >= 0.6 is 0 Å². The van der Waals surface area contributed by atoms with Gasteiger partial charge in [-0.2, -0.15) is 0 Å². The predicted molar refractivity (Wildman–Crippen MR) is 62.5 cm³/mol. The molecule has 2 N–H and O–H groups in total. The number of hydrogen-bond acceptors (Lipinski definition) is 4. The highest BCUT2D eigenvalue weighted by atomic mass is 19.1. The van der Waals surface area contributed by atoms with Crippen LogP contribution < -0.4 is 5.32 Å². The number of halogens is 1. The number of hydrogen-bond donors (Lipinski definition) is 2. The van der Waals surface area contributed by atoms with Gasteiger partial charge in [0.1, 0.15) is 11.6 Å². The van der Waals surface area contributed by atoms with Gasteiger partial charge in [-0.15, -0.1) is 0 Å². The van der Waals surface area contributed by atoms with Crippen LogP contribution in [-0.2, 0) is 16.0 Å². The van der Waals surface area contributed by atoms with Crippen LogP contribution in [0.5, 0.6) is 5.75 Å². The van der Waals surface area contributed by atoms with E-state index in [1.165, 1.54) is 18.2 Å². The molecule has 4 nitrogen and oxygen atoms in total. The summed E-state index contributed by atoms with van der Waals surface area (Å²) in [5.41, 5.74) is 0.543. The lowest BCUT2D eigenvalue weighted by atomic mass is 10.2. The van der Waals surface area contributed by atoms with Crippen LogP contribution in [0.2, 0.25) is 0 Å². The maximum absolute atomic E-state index is 12.9. The van der Waals surface area contributed by atoms with Crippen molar-refractivity contribution in [1.29, 1.82) is 0 Å². The molecule has 1 rings (SSSR count). The van der Waals surface area contributed by atoms with Gasteiger partial charge in [-0.25, -0.2) is 4.39 Å². The van der Waals surface area contributed by atoms with Crippen molar-refractivity contribution in [2.45, 2.75) is 6.54 Å². The Balaban J connectivity index is 2.15. The van der Waals surface area contributed by atoms with E-state index in [1.54, 1.807) is 7.11 Å². The lowest BCUT2D eigenvalue weighted by molar-refractivity contribution is 0.0719. The quantitative estimate of drug-likeness (QED) is 0.675. The van der Waals surface area contributed by atoms with Gasteiger partial charge >= 0.3 is 0 Å². The first-order valence-electron chi connectivity index (χ1n) is 5.49. The lowest BCUT2D eigenvalue weighted by Gasteiger charge is -2.07. The summed E-state index contributed by atoms with van der Waals surface area (Å²) >= 11 is 0. The summed E-state index contributed by atoms with van der Waals surface area (Å²) in [5.74, 6) is -0.254. The van der Waals surface area contributed by atoms with Crippen molar-refractivity contribution in [3.63, 3.8) is 0 Å². The molecule has 0 bridgehead atoms. The molecule has 0 amide bonds. The maximum Gasteiger partial charge on any atom is 0.123 e. The van der Waals surface area contributed by atoms with Crippen LogP contribution in [0, 0.1) is 5.82 Å². The second-order valence-corrected chi connectivity index (χ2v) is 3.55. The van der Waals surface area contributed by atoms with Crippen molar-refractivity contribution in [1.82, 2.24) is 5.32 Å². The highest BCUT2D eigenvalue weighted by Gasteiger charge is 2.01. The van der Waals surface area contributed by atoms with Crippen molar-refractivity contribution in [2.24, 2.45) is 0 Å². The third-order valence-electron chi connectivity index (χ3n) is 2.21. The summed E-state index contributed by atoms with van der Waals surface area (Å²) in [4.78, 5) is 0. The Labute approximate surface area is 100 Å². The number of benzene rings is 1. The molecule has 0 spiro atoms. The SMILES string of the molecule is COCCOCCNCc1cc(F)ccc1O. The predicted octanol–water partition coefficient (Wildman–Crippen LogP) is 1.28. The Morgan fingerprint density at radius 2 is 2.12 bits per heavy atom. The van der Waals surface area contributed by atoms with Crippen molar-refractivity contribution in [3.05, 3.63) is 29.6 Å². The number of phenolic OH excluding ortho intramolecular Hbond substituents is 1. The smallest absolute Gasteiger partial charge is 0.123 e. The summed E-state index contributed by atoms with van der Waals surface area (Å²) in [5, 5.41) is 12.5. The molecule has 0 heterocycles. The number of methoxy groups -OCH3 is 1. The standard InChI is InChI=1S/C12H18FNO3/c1-16-6-7-17-5-4-14-9-10-8-11(13)2-3-12(10)15/h2-3,8,14-15H,4-7,9H2,1H3. The van der Waals surface area contributed by atoms with Gasteiger partial charge in [-0.1, -0.05) is 0 Å². The van der Waals surface area contributed by atoms with E-state index in [1.807, 2.05) is 0 Å². The maximum atomic E-state index is 12.9. The molecular formula is C12H18FNO3. The fourth-order valence-electron chi connectivity index (χ4n) is 1.31. The van der Waals surface area contributed by atoms with Gasteiger partial charge in [-0.05, 0) is 18.2 Å². The third kappa shape index (κ3) is 5.63. The zero-order valence-electron chi connectivity index (χ0n) is 9.91. The first-order valence-corrected chi connectivity index (χ1v) is 5.49. The molecule has 0 fully saturated rings. The number of phenols is 1. The van der Waals surface area contributed by atoms with E-state index in [0.717, 1.165) is 0 Å². The minimum absolute atomic E-state index is 0.0965. The van der Waals surface area contributed by atoms with Crippen LogP contribution in [0.25, 0.3) is 0 Å². The normalized spacial score (nSPS) is 10.7. The Bertz CT molecular complexity index is 334. The third-order valence-corrected chi connectivity index (χ3v) is 2.21. The molecule has 0 radical (unpaired) electrons. The first kappa shape index (κ1) is 13.9. The molecule has 0 saturated carbocycles. The fraction of sp³-hybridized carbons (Fsp3) is 0.500. The molecule has 1 aromatic rings. The van der Waals surface area contributed by atoms with E-state index in [0.29, 0.717) is 38.5 Å². The van der Waals surface area contributed by atoms with Crippen molar-refractivity contribution >= 4 is 0 Å². The summed E-state index contributed by atoms with van der Waals surface area (Å²) in [7, 11) is 1.62. The topological polar surface area (TPSA) is 50.7 Å². The van der Waals surface area contributed by atoms with E-state index in [4.69, 9.17) is 9.47 Å². The molecule has 0 aromatic heterocycles. The Kier molecular flexibility index (Phi) is 6.54. The second kappa shape index (κ2) is 8.00. The van der Waals surface area contributed by atoms with Gasteiger partial charge < -0.3 is 19.9 Å². The summed E-state index contributed by atoms with van der Waals surface area (Å²) in [6, 6.07) is 3.89. The van der Waals surface area contributed by atoms with Gasteiger partial charge in [-0.3, -0.25) is 0 Å². The van der Waals surface area contributed by atoms with E-state index < -0.39 is 0 Å². The van der Waals surface area contributed by atoms with E-state index in [-0.39, 0.29) is 11.6 Å². The van der Waals surface area contributed by atoms with Crippen LogP contribution in [0.1, 0.15) is 5.56 Å². The minimum atomic E-state index is -0.351. The van der Waals surface area contributed by atoms with Gasteiger partial charge in [0.05, 0.1) is 19.8 Å². The highest BCUT2D eigenvalue weighted by molar-refractivity contribution is 5.32. The molecule has 0 aliphatic carbocycles. The number of nitrogens with one attached hydrogen (secondary N) is 1. The van der Waals surface area contributed by atoms with Crippen molar-refractivity contribution in [2.75, 3.05) is 33.5 Å². The number of ether oxygens (including phenoxy) is 2. The molecule has 0 aliphatic heterocycles. The lowest BCUT2D eigenvalue weighted by Crippen LogP contribution is -2.20. The van der Waals surface area contributed by atoms with Crippen LogP contribution in [0.15, 0.2) is 18.2 Å². The Morgan fingerprint density at radius 1 is 1.29 bits per heavy atom. The highest BCUT2D eigenvalue weighted by Crippen LogP contribution is 2.17. The molecule has 0 unspecified atom stereocenters. The Morgan fingerprint density at radius 3 is 2.88 bits per heavy atom. The molecule has 0 aliphatic rings. The van der Waals surface area contributed by atoms with E-state index in [2.05, 4.69) is 5.32 Å². The van der Waals surface area contributed by atoms with Crippen LogP contribution in [0.4, 0.5) is 4.39 Å². The van der Waals surface area contributed by atoms with E-state index in [9.17, 15) is 9.50 Å². The van der Waals surface area contributed by atoms with Crippen LogP contribution in [0.3, 0.4) is 0 Å². The number of rotatable bonds is 8. The summed E-state index contributed by atoms with van der Waals surface area (Å²) < 4.78 is 23.0. The van der Waals surface area contributed by atoms with Gasteiger partial charge in [0.15, 0.2) is 0 Å². The fourth-order valence-corrected chi connectivity index (χ4v) is 1.31. The molecule has 1 aromatic carbocycles. The molecular weight excluding hydrogens is 225 g/mol. The summed E-state index contributed by atoms with van der Waals surface area (Å²) in [6.45, 7) is 2.74. The van der Waals surface area contributed by atoms with Gasteiger partial charge in [0.2, 0.25) is 0 Å². The molecule has 0 atom stereocenters. The van der Waals surface area contributed by atoms with Crippen LogP contribution in [-0.4, -0.2) is 38.6 Å². The van der Waals surface area contributed by atoms with Gasteiger partial charge in [0, 0.05) is 25.8 Å². The number of aromatic hydroxyl groups is 1. The Hall–Kier alpha value is -1.17. The first-order chi connectivity index (χ1) is 8.24. The van der Waals surface area contributed by atoms with Crippen molar-refractivity contribution in [3.8, 4) is 5.75 Å². The molecule has 96 valence electrons. The molecule has 17 heavy (non-hydrogen) atoms. The molecule has 0 saturated heterocycles. The summed E-state index contributed by atoms with van der Waals surface area (Å²) in [6.07, 6.45) is 0. The van der Waals surface area contributed by atoms with Gasteiger partial charge in [0.25, 0.3) is 0 Å². The average molecular weight is 243 g/mol. The minimum Gasteiger partial charge on any atom is -0.508 e. The molecule has 5 heteroatoms. The van der Waals surface area contributed by atoms with Crippen molar-refractivity contribution < 1.29 is 19.0 Å². The monoisotopic (exact) mass is 243 g/mol.